The topological polar surface area (TPSA) is 78.4 Å². The fourth-order valence-electron chi connectivity index (χ4n) is 5.31. The quantitative estimate of drug-likeness (QED) is 0.644. The first-order valence-electron chi connectivity index (χ1n) is 12.0. The zero-order valence-electron chi connectivity index (χ0n) is 19.1. The van der Waals surface area contributed by atoms with E-state index in [1.165, 1.54) is 16.7 Å². The zero-order chi connectivity index (χ0) is 23.7. The van der Waals surface area contributed by atoms with Crippen molar-refractivity contribution in [1.82, 2.24) is 14.5 Å². The molecular weight excluding hydrogens is 435 g/mol. The first-order chi connectivity index (χ1) is 16.5. The SMILES string of the molecule is O=c1[nH]c2ccccc2c(=O)n1C[C@H]1CC[C@H](C(=O)N2CCN(c3ccc(F)cc3)CC2)CC1. The number of hydrogen-bond acceptors (Lipinski definition) is 4. The Bertz CT molecular complexity index is 1280. The van der Waals surface area contributed by atoms with Gasteiger partial charge in [-0.05, 0) is 68.0 Å². The normalized spacial score (nSPS) is 21.1. The van der Waals surface area contributed by atoms with Crippen LogP contribution in [0.2, 0.25) is 0 Å². The van der Waals surface area contributed by atoms with E-state index in [-0.39, 0.29) is 34.8 Å². The van der Waals surface area contributed by atoms with Gasteiger partial charge in [-0.15, -0.1) is 0 Å². The van der Waals surface area contributed by atoms with E-state index in [1.54, 1.807) is 36.4 Å². The number of hydrogen-bond donors (Lipinski definition) is 1. The van der Waals surface area contributed by atoms with Gasteiger partial charge in [0.25, 0.3) is 5.56 Å². The molecule has 2 heterocycles. The second kappa shape index (κ2) is 9.44. The fourth-order valence-corrected chi connectivity index (χ4v) is 5.31. The highest BCUT2D eigenvalue weighted by Gasteiger charge is 2.31. The van der Waals surface area contributed by atoms with Crippen LogP contribution < -0.4 is 16.1 Å². The molecule has 2 fully saturated rings. The van der Waals surface area contributed by atoms with Crippen molar-refractivity contribution < 1.29 is 9.18 Å². The third-order valence-electron chi connectivity index (χ3n) is 7.31. The molecule has 8 heteroatoms. The third kappa shape index (κ3) is 4.49. The van der Waals surface area contributed by atoms with Crippen molar-refractivity contribution in [3.8, 4) is 0 Å². The summed E-state index contributed by atoms with van der Waals surface area (Å²) in [5.74, 6) is 0.167. The van der Waals surface area contributed by atoms with E-state index in [1.807, 2.05) is 4.90 Å². The number of anilines is 1. The van der Waals surface area contributed by atoms with Gasteiger partial charge < -0.3 is 14.8 Å². The van der Waals surface area contributed by atoms with Crippen molar-refractivity contribution in [2.45, 2.75) is 32.2 Å². The van der Waals surface area contributed by atoms with Gasteiger partial charge in [0.15, 0.2) is 0 Å². The van der Waals surface area contributed by atoms with Crippen LogP contribution in [0.15, 0.2) is 58.1 Å². The number of rotatable bonds is 4. The molecule has 1 aromatic heterocycles. The Morgan fingerprint density at radius 1 is 0.912 bits per heavy atom. The monoisotopic (exact) mass is 464 g/mol. The number of halogens is 1. The Kier molecular flexibility index (Phi) is 6.22. The maximum Gasteiger partial charge on any atom is 0.328 e. The minimum atomic E-state index is -0.374. The van der Waals surface area contributed by atoms with Gasteiger partial charge in [-0.1, -0.05) is 12.1 Å². The number of H-pyrrole nitrogens is 1. The van der Waals surface area contributed by atoms with Gasteiger partial charge in [0, 0.05) is 44.3 Å². The molecule has 5 rings (SSSR count). The molecule has 7 nitrogen and oxygen atoms in total. The number of piperazine rings is 1. The van der Waals surface area contributed by atoms with Gasteiger partial charge in [-0.2, -0.15) is 0 Å². The highest BCUT2D eigenvalue weighted by molar-refractivity contribution is 5.79. The summed E-state index contributed by atoms with van der Waals surface area (Å²) in [5.41, 5.74) is 0.910. The number of amides is 1. The Hall–Kier alpha value is -3.42. The summed E-state index contributed by atoms with van der Waals surface area (Å²) in [6.07, 6.45) is 3.21. The van der Waals surface area contributed by atoms with Crippen molar-refractivity contribution in [3.63, 3.8) is 0 Å². The van der Waals surface area contributed by atoms with E-state index in [0.717, 1.165) is 44.5 Å². The smallest absolute Gasteiger partial charge is 0.328 e. The Morgan fingerprint density at radius 3 is 2.29 bits per heavy atom. The summed E-state index contributed by atoms with van der Waals surface area (Å²) in [7, 11) is 0. The number of para-hydroxylation sites is 1. The predicted octanol–water partition coefficient (Wildman–Crippen LogP) is 2.98. The Balaban J connectivity index is 1.16. The second-order valence-electron chi connectivity index (χ2n) is 9.40. The van der Waals surface area contributed by atoms with E-state index in [4.69, 9.17) is 0 Å². The van der Waals surface area contributed by atoms with Gasteiger partial charge in [0.1, 0.15) is 5.82 Å². The highest BCUT2D eigenvalue weighted by Crippen LogP contribution is 2.31. The van der Waals surface area contributed by atoms with E-state index >= 15 is 0 Å². The molecule has 3 aromatic rings. The van der Waals surface area contributed by atoms with Crippen molar-refractivity contribution in [3.05, 3.63) is 75.2 Å². The van der Waals surface area contributed by atoms with E-state index in [0.29, 0.717) is 30.5 Å². The van der Waals surface area contributed by atoms with Crippen molar-refractivity contribution in [2.75, 3.05) is 31.1 Å². The third-order valence-corrected chi connectivity index (χ3v) is 7.31. The van der Waals surface area contributed by atoms with Crippen LogP contribution in [0.1, 0.15) is 25.7 Å². The molecule has 2 aromatic carbocycles. The molecule has 1 saturated carbocycles. The first-order valence-corrected chi connectivity index (χ1v) is 12.0. The summed E-state index contributed by atoms with van der Waals surface area (Å²) in [4.78, 5) is 45.3. The van der Waals surface area contributed by atoms with Crippen molar-refractivity contribution in [2.24, 2.45) is 11.8 Å². The van der Waals surface area contributed by atoms with Crippen LogP contribution in [0.5, 0.6) is 0 Å². The molecule has 1 N–H and O–H groups in total. The lowest BCUT2D eigenvalue weighted by Crippen LogP contribution is -2.50. The van der Waals surface area contributed by atoms with Crippen molar-refractivity contribution >= 4 is 22.5 Å². The van der Waals surface area contributed by atoms with Crippen LogP contribution in [0.3, 0.4) is 0 Å². The molecule has 0 bridgehead atoms. The molecular formula is C26H29FN4O3. The van der Waals surface area contributed by atoms with Crippen LogP contribution >= 0.6 is 0 Å². The second-order valence-corrected chi connectivity index (χ2v) is 9.40. The predicted molar refractivity (Wildman–Crippen MR) is 129 cm³/mol. The van der Waals surface area contributed by atoms with Gasteiger partial charge in [0.05, 0.1) is 10.9 Å². The Morgan fingerprint density at radius 2 is 1.59 bits per heavy atom. The molecule has 34 heavy (non-hydrogen) atoms. The number of aromatic amines is 1. The number of fused-ring (bicyclic) bond motifs is 1. The lowest BCUT2D eigenvalue weighted by Gasteiger charge is -2.38. The summed E-state index contributed by atoms with van der Waals surface area (Å²) >= 11 is 0. The summed E-state index contributed by atoms with van der Waals surface area (Å²) in [6.45, 7) is 3.19. The van der Waals surface area contributed by atoms with E-state index < -0.39 is 0 Å². The Labute approximate surface area is 196 Å². The van der Waals surface area contributed by atoms with Gasteiger partial charge in [-0.25, -0.2) is 9.18 Å². The highest BCUT2D eigenvalue weighted by atomic mass is 19.1. The van der Waals surface area contributed by atoms with E-state index in [9.17, 15) is 18.8 Å². The largest absolute Gasteiger partial charge is 0.368 e. The van der Waals surface area contributed by atoms with Crippen LogP contribution in [-0.4, -0.2) is 46.5 Å². The average Bonchev–Trinajstić information content (AvgIpc) is 2.87. The molecule has 1 saturated heterocycles. The van der Waals surface area contributed by atoms with Crippen LogP contribution in [0.25, 0.3) is 10.9 Å². The number of benzene rings is 2. The molecule has 2 aliphatic rings. The average molecular weight is 465 g/mol. The molecule has 0 unspecified atom stereocenters. The molecule has 0 atom stereocenters. The number of nitrogens with zero attached hydrogens (tertiary/aromatic N) is 3. The molecule has 0 radical (unpaired) electrons. The maximum absolute atomic E-state index is 13.2. The van der Waals surface area contributed by atoms with E-state index in [2.05, 4.69) is 9.88 Å². The summed E-state index contributed by atoms with van der Waals surface area (Å²) in [6, 6.07) is 13.5. The lowest BCUT2D eigenvalue weighted by atomic mass is 9.81. The van der Waals surface area contributed by atoms with Crippen molar-refractivity contribution in [1.29, 1.82) is 0 Å². The molecule has 0 spiro atoms. The molecule has 178 valence electrons. The summed E-state index contributed by atoms with van der Waals surface area (Å²) < 4.78 is 14.5. The standard InChI is InChI=1S/C26H29FN4O3/c27-20-9-11-21(12-10-20)29-13-15-30(16-14-29)24(32)19-7-5-18(6-8-19)17-31-25(33)22-3-1-2-4-23(22)28-26(31)34/h1-4,9-12,18-19H,5-8,13-17H2,(H,28,34)/t18-,19-. The van der Waals surface area contributed by atoms with Gasteiger partial charge in [-0.3, -0.25) is 14.2 Å². The van der Waals surface area contributed by atoms with Crippen LogP contribution in [-0.2, 0) is 11.3 Å². The van der Waals surface area contributed by atoms with Gasteiger partial charge >= 0.3 is 5.69 Å². The number of carbonyl (C=O) groups excluding carboxylic acids is 1. The zero-order valence-corrected chi connectivity index (χ0v) is 19.1. The minimum absolute atomic E-state index is 0.000214. The summed E-state index contributed by atoms with van der Waals surface area (Å²) in [5, 5.41) is 0.519. The number of aromatic nitrogens is 2. The number of nitrogens with one attached hydrogen (secondary N) is 1. The molecule has 1 aliphatic carbocycles. The molecule has 1 amide bonds. The van der Waals surface area contributed by atoms with Gasteiger partial charge in [0.2, 0.25) is 5.91 Å². The fraction of sp³-hybridized carbons (Fsp3) is 0.423. The maximum atomic E-state index is 13.2. The first kappa shape index (κ1) is 22.4. The number of carbonyl (C=O) groups is 1. The molecule has 1 aliphatic heterocycles. The minimum Gasteiger partial charge on any atom is -0.368 e. The van der Waals surface area contributed by atoms with Crippen LogP contribution in [0.4, 0.5) is 10.1 Å². The van der Waals surface area contributed by atoms with Crippen LogP contribution in [0, 0.1) is 17.7 Å². The lowest BCUT2D eigenvalue weighted by molar-refractivity contribution is -0.137.